The van der Waals surface area contributed by atoms with Crippen molar-refractivity contribution >= 4 is 11.7 Å². The van der Waals surface area contributed by atoms with Gasteiger partial charge in [-0.1, -0.05) is 36.4 Å². The zero-order valence-electron chi connectivity index (χ0n) is 12.2. The Kier molecular flexibility index (Phi) is 4.82. The van der Waals surface area contributed by atoms with Gasteiger partial charge < -0.3 is 14.7 Å². The Labute approximate surface area is 124 Å². The van der Waals surface area contributed by atoms with E-state index in [1.165, 1.54) is 0 Å². The van der Waals surface area contributed by atoms with E-state index in [1.54, 1.807) is 7.11 Å². The summed E-state index contributed by atoms with van der Waals surface area (Å²) in [7, 11) is 3.61. The van der Waals surface area contributed by atoms with E-state index < -0.39 is 5.97 Å². The van der Waals surface area contributed by atoms with E-state index in [2.05, 4.69) is 4.90 Å². The summed E-state index contributed by atoms with van der Waals surface area (Å²) < 4.78 is 5.36. The van der Waals surface area contributed by atoms with Gasteiger partial charge in [-0.2, -0.15) is 0 Å². The van der Waals surface area contributed by atoms with Crippen LogP contribution in [0.2, 0.25) is 0 Å². The number of ether oxygens (including phenoxy) is 1. The summed E-state index contributed by atoms with van der Waals surface area (Å²) in [6, 6.07) is 15.4. The SMILES string of the molecule is COc1ccccc1N(C)Cc1ccccc1CC(=O)O. The lowest BCUT2D eigenvalue weighted by atomic mass is 10.0. The second-order valence-electron chi connectivity index (χ2n) is 4.87. The maximum absolute atomic E-state index is 10.9. The molecule has 1 N–H and O–H groups in total. The molecule has 0 amide bonds. The van der Waals surface area contributed by atoms with Gasteiger partial charge in [-0.25, -0.2) is 0 Å². The van der Waals surface area contributed by atoms with Gasteiger partial charge >= 0.3 is 5.97 Å². The molecule has 0 saturated carbocycles. The molecule has 0 heterocycles. The number of benzene rings is 2. The molecule has 0 spiro atoms. The van der Waals surface area contributed by atoms with E-state index in [0.29, 0.717) is 6.54 Å². The van der Waals surface area contributed by atoms with Crippen LogP contribution in [0.4, 0.5) is 5.69 Å². The molecule has 2 rings (SSSR count). The number of aliphatic carboxylic acids is 1. The molecular weight excluding hydrogens is 266 g/mol. The number of rotatable bonds is 6. The van der Waals surface area contributed by atoms with Crippen molar-refractivity contribution in [1.82, 2.24) is 0 Å². The standard InChI is InChI=1S/C17H19NO3/c1-18(15-9-5-6-10-16(15)21-2)12-14-8-4-3-7-13(14)11-17(19)20/h3-10H,11-12H2,1-2H3,(H,19,20). The molecule has 0 fully saturated rings. The first-order valence-corrected chi connectivity index (χ1v) is 6.74. The molecule has 21 heavy (non-hydrogen) atoms. The maximum atomic E-state index is 10.9. The van der Waals surface area contributed by atoms with E-state index >= 15 is 0 Å². The van der Waals surface area contributed by atoms with E-state index in [1.807, 2.05) is 55.6 Å². The van der Waals surface area contributed by atoms with Crippen LogP contribution in [0.5, 0.6) is 5.75 Å². The first-order valence-electron chi connectivity index (χ1n) is 6.74. The van der Waals surface area contributed by atoms with Crippen LogP contribution in [0.15, 0.2) is 48.5 Å². The molecular formula is C17H19NO3. The van der Waals surface area contributed by atoms with Gasteiger partial charge in [0.25, 0.3) is 0 Å². The van der Waals surface area contributed by atoms with Crippen LogP contribution < -0.4 is 9.64 Å². The van der Waals surface area contributed by atoms with Crippen LogP contribution in [0.25, 0.3) is 0 Å². The van der Waals surface area contributed by atoms with Crippen molar-refractivity contribution in [1.29, 1.82) is 0 Å². The summed E-state index contributed by atoms with van der Waals surface area (Å²) in [6.07, 6.45) is 0.0376. The van der Waals surface area contributed by atoms with Crippen molar-refractivity contribution < 1.29 is 14.6 Å². The fourth-order valence-corrected chi connectivity index (χ4v) is 2.33. The molecule has 0 aliphatic rings. The predicted octanol–water partition coefficient (Wildman–Crippen LogP) is 2.96. The number of hydrogen-bond acceptors (Lipinski definition) is 3. The lowest BCUT2D eigenvalue weighted by molar-refractivity contribution is -0.136. The van der Waals surface area contributed by atoms with Gasteiger partial charge in [-0.05, 0) is 23.3 Å². The summed E-state index contributed by atoms with van der Waals surface area (Å²) >= 11 is 0. The van der Waals surface area contributed by atoms with Gasteiger partial charge in [0.2, 0.25) is 0 Å². The Bertz CT molecular complexity index is 625. The third-order valence-electron chi connectivity index (χ3n) is 3.36. The van der Waals surface area contributed by atoms with Gasteiger partial charge in [-0.3, -0.25) is 4.79 Å². The van der Waals surface area contributed by atoms with Crippen LogP contribution in [-0.4, -0.2) is 25.2 Å². The molecule has 0 saturated heterocycles. The second kappa shape index (κ2) is 6.79. The van der Waals surface area contributed by atoms with E-state index in [0.717, 1.165) is 22.6 Å². The molecule has 0 aliphatic heterocycles. The van der Waals surface area contributed by atoms with Crippen LogP contribution in [0.3, 0.4) is 0 Å². The smallest absolute Gasteiger partial charge is 0.307 e. The number of hydrogen-bond donors (Lipinski definition) is 1. The lowest BCUT2D eigenvalue weighted by Gasteiger charge is -2.23. The van der Waals surface area contributed by atoms with Crippen molar-refractivity contribution in [2.24, 2.45) is 0 Å². The fourth-order valence-electron chi connectivity index (χ4n) is 2.33. The molecule has 0 aliphatic carbocycles. The number of anilines is 1. The molecule has 2 aromatic carbocycles. The number of methoxy groups -OCH3 is 1. The Morgan fingerprint density at radius 1 is 1.10 bits per heavy atom. The van der Waals surface area contributed by atoms with Gasteiger partial charge in [0.05, 0.1) is 19.2 Å². The average molecular weight is 285 g/mol. The highest BCUT2D eigenvalue weighted by atomic mass is 16.5. The summed E-state index contributed by atoms with van der Waals surface area (Å²) in [4.78, 5) is 13.0. The molecule has 4 nitrogen and oxygen atoms in total. The third kappa shape index (κ3) is 3.75. The Morgan fingerprint density at radius 3 is 2.38 bits per heavy atom. The Hall–Kier alpha value is -2.49. The molecule has 0 aromatic heterocycles. The minimum absolute atomic E-state index is 0.0376. The lowest BCUT2D eigenvalue weighted by Crippen LogP contribution is -2.18. The van der Waals surface area contributed by atoms with Crippen molar-refractivity contribution in [3.63, 3.8) is 0 Å². The van der Waals surface area contributed by atoms with Gasteiger partial charge in [0, 0.05) is 13.6 Å². The topological polar surface area (TPSA) is 49.8 Å². The first kappa shape index (κ1) is 14.9. The van der Waals surface area contributed by atoms with Gasteiger partial charge in [0.1, 0.15) is 5.75 Å². The maximum Gasteiger partial charge on any atom is 0.307 e. The Morgan fingerprint density at radius 2 is 1.71 bits per heavy atom. The number of nitrogens with zero attached hydrogens (tertiary/aromatic N) is 1. The van der Waals surface area contributed by atoms with Crippen molar-refractivity contribution in [2.45, 2.75) is 13.0 Å². The van der Waals surface area contributed by atoms with Crippen molar-refractivity contribution in [2.75, 3.05) is 19.1 Å². The van der Waals surface area contributed by atoms with Crippen LogP contribution in [-0.2, 0) is 17.8 Å². The normalized spacial score (nSPS) is 10.2. The Balaban J connectivity index is 2.23. The predicted molar refractivity (Wildman–Crippen MR) is 82.9 cm³/mol. The summed E-state index contributed by atoms with van der Waals surface area (Å²) in [5, 5.41) is 8.99. The second-order valence-corrected chi connectivity index (χ2v) is 4.87. The van der Waals surface area contributed by atoms with E-state index in [-0.39, 0.29) is 6.42 Å². The highest BCUT2D eigenvalue weighted by Gasteiger charge is 2.11. The van der Waals surface area contributed by atoms with Crippen LogP contribution in [0.1, 0.15) is 11.1 Å². The van der Waals surface area contributed by atoms with E-state index in [9.17, 15) is 4.79 Å². The largest absolute Gasteiger partial charge is 0.495 e. The molecule has 0 atom stereocenters. The number of carboxylic acid groups (broad SMARTS) is 1. The summed E-state index contributed by atoms with van der Waals surface area (Å²) in [5.74, 6) is -0.0156. The minimum atomic E-state index is -0.817. The van der Waals surface area contributed by atoms with Gasteiger partial charge in [0.15, 0.2) is 0 Å². The van der Waals surface area contributed by atoms with Gasteiger partial charge in [-0.15, -0.1) is 0 Å². The third-order valence-corrected chi connectivity index (χ3v) is 3.36. The molecule has 0 unspecified atom stereocenters. The molecule has 0 bridgehead atoms. The molecule has 2 aromatic rings. The number of carboxylic acids is 1. The summed E-state index contributed by atoms with van der Waals surface area (Å²) in [5.41, 5.74) is 2.82. The zero-order chi connectivity index (χ0) is 15.2. The zero-order valence-corrected chi connectivity index (χ0v) is 12.2. The molecule has 0 radical (unpaired) electrons. The summed E-state index contributed by atoms with van der Waals surface area (Å²) in [6.45, 7) is 0.629. The van der Waals surface area contributed by atoms with Crippen LogP contribution >= 0.6 is 0 Å². The molecule has 110 valence electrons. The minimum Gasteiger partial charge on any atom is -0.495 e. The fraction of sp³-hybridized carbons (Fsp3) is 0.235. The van der Waals surface area contributed by atoms with Crippen molar-refractivity contribution in [3.05, 3.63) is 59.7 Å². The monoisotopic (exact) mass is 285 g/mol. The quantitative estimate of drug-likeness (QED) is 0.886. The van der Waals surface area contributed by atoms with E-state index in [4.69, 9.17) is 9.84 Å². The number of para-hydroxylation sites is 2. The highest BCUT2D eigenvalue weighted by molar-refractivity contribution is 5.71. The highest BCUT2D eigenvalue weighted by Crippen LogP contribution is 2.28. The number of carbonyl (C=O) groups is 1. The van der Waals surface area contributed by atoms with Crippen LogP contribution in [0, 0.1) is 0 Å². The molecule has 4 heteroatoms. The first-order chi connectivity index (χ1) is 10.1. The van der Waals surface area contributed by atoms with Crippen molar-refractivity contribution in [3.8, 4) is 5.75 Å². The average Bonchev–Trinajstić information content (AvgIpc) is 2.48.